The van der Waals surface area contributed by atoms with Gasteiger partial charge in [-0.05, 0) is 34.1 Å². The first kappa shape index (κ1) is 12.9. The number of anilines is 2. The summed E-state index contributed by atoms with van der Waals surface area (Å²) in [5.74, 6) is 0. The minimum atomic E-state index is -0.520. The molecule has 0 aliphatic heterocycles. The maximum absolute atomic E-state index is 10.9. The zero-order valence-electron chi connectivity index (χ0n) is 10.8. The van der Waals surface area contributed by atoms with Crippen molar-refractivity contribution in [2.45, 2.75) is 6.54 Å². The van der Waals surface area contributed by atoms with Gasteiger partial charge < -0.3 is 11.1 Å². The number of hydrogen-bond donors (Lipinski definition) is 2. The minimum absolute atomic E-state index is 0.123. The Morgan fingerprint density at radius 1 is 1.24 bits per heavy atom. The number of fused-ring (bicyclic) bond motifs is 1. The number of nitrogens with one attached hydrogen (secondary N) is 1. The Morgan fingerprint density at radius 3 is 2.81 bits per heavy atom. The van der Waals surface area contributed by atoms with E-state index in [0.29, 0.717) is 23.4 Å². The molecule has 0 radical (unpaired) electrons. The average molecular weight is 285 g/mol. The Labute approximate surface area is 118 Å². The summed E-state index contributed by atoms with van der Waals surface area (Å²) in [5.41, 5.74) is 8.29. The van der Waals surface area contributed by atoms with Gasteiger partial charge in [0.05, 0.1) is 10.6 Å². The van der Waals surface area contributed by atoms with Crippen LogP contribution in [0.15, 0.2) is 41.0 Å². The van der Waals surface area contributed by atoms with E-state index in [-0.39, 0.29) is 11.2 Å². The predicted molar refractivity (Wildman–Crippen MR) is 76.6 cm³/mol. The maximum Gasteiger partial charge on any atom is 0.300 e. The second-order valence-corrected chi connectivity index (χ2v) is 4.45. The highest BCUT2D eigenvalue weighted by molar-refractivity contribution is 5.93. The van der Waals surface area contributed by atoms with Crippen LogP contribution in [0.1, 0.15) is 5.56 Å². The molecule has 3 N–H and O–H groups in total. The molecule has 8 nitrogen and oxygen atoms in total. The van der Waals surface area contributed by atoms with Crippen molar-refractivity contribution >= 4 is 28.1 Å². The molecule has 2 aromatic carbocycles. The molecule has 0 atom stereocenters. The molecule has 8 heteroatoms. The van der Waals surface area contributed by atoms with Crippen LogP contribution in [0.25, 0.3) is 11.0 Å². The van der Waals surface area contributed by atoms with E-state index in [2.05, 4.69) is 20.3 Å². The van der Waals surface area contributed by atoms with E-state index in [1.54, 1.807) is 12.1 Å². The van der Waals surface area contributed by atoms with Crippen molar-refractivity contribution in [3.8, 4) is 0 Å². The molecule has 0 fully saturated rings. The topological polar surface area (TPSA) is 120 Å². The second kappa shape index (κ2) is 5.08. The van der Waals surface area contributed by atoms with E-state index in [1.807, 2.05) is 18.2 Å². The fraction of sp³-hybridized carbons (Fsp3) is 0.0769. The van der Waals surface area contributed by atoms with Gasteiger partial charge in [-0.15, -0.1) is 0 Å². The van der Waals surface area contributed by atoms with Crippen LogP contribution in [0.2, 0.25) is 0 Å². The normalized spacial score (nSPS) is 10.7. The van der Waals surface area contributed by atoms with Gasteiger partial charge in [-0.3, -0.25) is 10.1 Å². The number of nitro benzene ring substituents is 1. The Morgan fingerprint density at radius 2 is 2.05 bits per heavy atom. The molecule has 21 heavy (non-hydrogen) atoms. The number of nitrogen functional groups attached to an aromatic ring is 1. The first-order chi connectivity index (χ1) is 10.1. The number of hydrogen-bond acceptors (Lipinski definition) is 7. The monoisotopic (exact) mass is 285 g/mol. The smallest absolute Gasteiger partial charge is 0.300 e. The fourth-order valence-corrected chi connectivity index (χ4v) is 2.04. The van der Waals surface area contributed by atoms with E-state index in [9.17, 15) is 10.1 Å². The third kappa shape index (κ3) is 2.46. The third-order valence-electron chi connectivity index (χ3n) is 3.02. The number of aromatic nitrogens is 2. The second-order valence-electron chi connectivity index (χ2n) is 4.45. The third-order valence-corrected chi connectivity index (χ3v) is 3.02. The minimum Gasteiger partial charge on any atom is -0.399 e. The Bertz CT molecular complexity index is 814. The molecule has 0 aliphatic rings. The fourth-order valence-electron chi connectivity index (χ4n) is 2.04. The number of non-ortho nitro benzene ring substituents is 1. The Hall–Kier alpha value is -3.16. The molecule has 3 rings (SSSR count). The first-order valence-corrected chi connectivity index (χ1v) is 6.13. The maximum atomic E-state index is 10.9. The van der Waals surface area contributed by atoms with Gasteiger partial charge in [0, 0.05) is 18.3 Å². The molecule has 1 aromatic heterocycles. The lowest BCUT2D eigenvalue weighted by Gasteiger charge is -2.07. The molecule has 0 unspecified atom stereocenters. The number of benzene rings is 2. The highest BCUT2D eigenvalue weighted by Crippen LogP contribution is 2.28. The van der Waals surface area contributed by atoms with Crippen LogP contribution < -0.4 is 11.1 Å². The predicted octanol–water partition coefficient (Wildman–Crippen LogP) is 2.33. The SMILES string of the molecule is Nc1cccc(CNc2ccc([N+](=O)[O-])c3nonc23)c1. The lowest BCUT2D eigenvalue weighted by Crippen LogP contribution is -2.01. The van der Waals surface area contributed by atoms with Gasteiger partial charge in [0.2, 0.25) is 5.52 Å². The molecule has 1 heterocycles. The molecular formula is C13H11N5O3. The number of nitrogens with zero attached hydrogens (tertiary/aromatic N) is 3. The van der Waals surface area contributed by atoms with Gasteiger partial charge in [0.25, 0.3) is 0 Å². The Balaban J connectivity index is 1.90. The summed E-state index contributed by atoms with van der Waals surface area (Å²) in [4.78, 5) is 10.4. The van der Waals surface area contributed by atoms with Gasteiger partial charge in [-0.1, -0.05) is 12.1 Å². The summed E-state index contributed by atoms with van der Waals surface area (Å²) in [6.45, 7) is 0.505. The quantitative estimate of drug-likeness (QED) is 0.428. The first-order valence-electron chi connectivity index (χ1n) is 6.13. The van der Waals surface area contributed by atoms with Crippen molar-refractivity contribution < 1.29 is 9.55 Å². The molecule has 0 aliphatic carbocycles. The molecular weight excluding hydrogens is 274 g/mol. The molecule has 3 aromatic rings. The standard InChI is InChI=1S/C13H11N5O3/c14-9-3-1-2-8(6-9)7-15-10-4-5-11(18(19)20)13-12(10)16-21-17-13/h1-6,15H,7,14H2. The highest BCUT2D eigenvalue weighted by Gasteiger charge is 2.19. The summed E-state index contributed by atoms with van der Waals surface area (Å²) in [6.07, 6.45) is 0. The number of nitro groups is 1. The van der Waals surface area contributed by atoms with E-state index in [0.717, 1.165) is 5.56 Å². The van der Waals surface area contributed by atoms with E-state index >= 15 is 0 Å². The summed E-state index contributed by atoms with van der Waals surface area (Å²) in [5, 5.41) is 21.3. The van der Waals surface area contributed by atoms with Crippen molar-refractivity contribution in [3.63, 3.8) is 0 Å². The van der Waals surface area contributed by atoms with Gasteiger partial charge in [0.1, 0.15) is 0 Å². The highest BCUT2D eigenvalue weighted by atomic mass is 16.6. The van der Waals surface area contributed by atoms with Crippen LogP contribution in [-0.4, -0.2) is 15.2 Å². The van der Waals surface area contributed by atoms with E-state index in [4.69, 9.17) is 5.73 Å². The van der Waals surface area contributed by atoms with Crippen molar-refractivity contribution in [1.82, 2.24) is 10.3 Å². The number of rotatable bonds is 4. The molecule has 0 saturated carbocycles. The van der Waals surface area contributed by atoms with Crippen molar-refractivity contribution in [1.29, 1.82) is 0 Å². The lowest BCUT2D eigenvalue weighted by atomic mass is 10.2. The van der Waals surface area contributed by atoms with Gasteiger partial charge in [0.15, 0.2) is 5.52 Å². The van der Waals surface area contributed by atoms with Crippen LogP contribution in [0.5, 0.6) is 0 Å². The summed E-state index contributed by atoms with van der Waals surface area (Å²) < 4.78 is 4.60. The average Bonchev–Trinajstić information content (AvgIpc) is 2.94. The Kier molecular flexibility index (Phi) is 3.11. The van der Waals surface area contributed by atoms with Crippen LogP contribution in [0.3, 0.4) is 0 Å². The van der Waals surface area contributed by atoms with Gasteiger partial charge >= 0.3 is 5.69 Å². The van der Waals surface area contributed by atoms with Gasteiger partial charge in [-0.25, -0.2) is 4.63 Å². The molecule has 0 bridgehead atoms. The van der Waals surface area contributed by atoms with E-state index in [1.165, 1.54) is 6.07 Å². The summed E-state index contributed by atoms with van der Waals surface area (Å²) >= 11 is 0. The largest absolute Gasteiger partial charge is 0.399 e. The molecule has 0 spiro atoms. The van der Waals surface area contributed by atoms with Crippen molar-refractivity contribution in [2.24, 2.45) is 0 Å². The molecule has 0 amide bonds. The van der Waals surface area contributed by atoms with Crippen LogP contribution >= 0.6 is 0 Å². The van der Waals surface area contributed by atoms with Crippen LogP contribution in [0, 0.1) is 10.1 Å². The molecule has 0 saturated heterocycles. The van der Waals surface area contributed by atoms with Crippen LogP contribution in [-0.2, 0) is 6.54 Å². The van der Waals surface area contributed by atoms with Crippen molar-refractivity contribution in [3.05, 3.63) is 52.1 Å². The summed E-state index contributed by atoms with van der Waals surface area (Å²) in [7, 11) is 0. The van der Waals surface area contributed by atoms with Gasteiger partial charge in [-0.2, -0.15) is 0 Å². The number of nitrogens with two attached hydrogens (primary N) is 1. The zero-order valence-corrected chi connectivity index (χ0v) is 10.8. The zero-order chi connectivity index (χ0) is 14.8. The summed E-state index contributed by atoms with van der Waals surface area (Å²) in [6, 6.07) is 10.4. The molecule has 106 valence electrons. The van der Waals surface area contributed by atoms with Crippen molar-refractivity contribution in [2.75, 3.05) is 11.1 Å². The lowest BCUT2D eigenvalue weighted by molar-refractivity contribution is -0.383. The van der Waals surface area contributed by atoms with E-state index < -0.39 is 4.92 Å². The van der Waals surface area contributed by atoms with Crippen LogP contribution in [0.4, 0.5) is 17.1 Å².